The summed E-state index contributed by atoms with van der Waals surface area (Å²) < 4.78 is 26.7. The van der Waals surface area contributed by atoms with Crippen molar-refractivity contribution in [1.29, 1.82) is 0 Å². The standard InChI is InChI=1S/C15H14ClF2N/c1-2-19-15(10-4-3-5-12(16)6-10)11-7-13(17)9-14(18)8-11/h3-9,15,19H,2H2,1H3. The minimum absolute atomic E-state index is 0.283. The Balaban J connectivity index is 2.44. The summed E-state index contributed by atoms with van der Waals surface area (Å²) in [5, 5.41) is 3.80. The van der Waals surface area contributed by atoms with Crippen molar-refractivity contribution in [3.05, 3.63) is 70.2 Å². The monoisotopic (exact) mass is 281 g/mol. The van der Waals surface area contributed by atoms with E-state index in [1.54, 1.807) is 12.1 Å². The van der Waals surface area contributed by atoms with Gasteiger partial charge in [0.1, 0.15) is 11.6 Å². The summed E-state index contributed by atoms with van der Waals surface area (Å²) in [4.78, 5) is 0. The molecule has 2 rings (SSSR count). The molecule has 2 aromatic carbocycles. The second-order valence-corrected chi connectivity index (χ2v) is 4.68. The van der Waals surface area contributed by atoms with Crippen LogP contribution in [0.5, 0.6) is 0 Å². The molecule has 1 unspecified atom stereocenters. The zero-order valence-corrected chi connectivity index (χ0v) is 11.2. The fourth-order valence-electron chi connectivity index (χ4n) is 2.06. The van der Waals surface area contributed by atoms with Crippen molar-refractivity contribution >= 4 is 11.6 Å². The maximum Gasteiger partial charge on any atom is 0.126 e. The van der Waals surface area contributed by atoms with Gasteiger partial charge in [-0.15, -0.1) is 0 Å². The van der Waals surface area contributed by atoms with E-state index in [0.717, 1.165) is 11.6 Å². The van der Waals surface area contributed by atoms with Gasteiger partial charge in [-0.05, 0) is 41.9 Å². The van der Waals surface area contributed by atoms with Gasteiger partial charge in [0.05, 0.1) is 6.04 Å². The number of rotatable bonds is 4. The summed E-state index contributed by atoms with van der Waals surface area (Å²) in [7, 11) is 0. The van der Waals surface area contributed by atoms with Crippen LogP contribution in [0.4, 0.5) is 8.78 Å². The zero-order chi connectivity index (χ0) is 13.8. The van der Waals surface area contributed by atoms with Gasteiger partial charge in [0.25, 0.3) is 0 Å². The van der Waals surface area contributed by atoms with Gasteiger partial charge in [0, 0.05) is 11.1 Å². The minimum Gasteiger partial charge on any atom is -0.307 e. The van der Waals surface area contributed by atoms with Gasteiger partial charge in [-0.3, -0.25) is 0 Å². The average Bonchev–Trinajstić information content (AvgIpc) is 2.34. The van der Waals surface area contributed by atoms with Gasteiger partial charge < -0.3 is 5.32 Å². The van der Waals surface area contributed by atoms with Gasteiger partial charge in [-0.2, -0.15) is 0 Å². The molecule has 19 heavy (non-hydrogen) atoms. The molecule has 0 saturated heterocycles. The molecule has 0 aliphatic rings. The molecule has 0 aromatic heterocycles. The van der Waals surface area contributed by atoms with Crippen LogP contribution in [-0.4, -0.2) is 6.54 Å². The minimum atomic E-state index is -0.583. The Bertz CT molecular complexity index is 552. The first-order chi connectivity index (χ1) is 9.10. The molecule has 0 fully saturated rings. The van der Waals surface area contributed by atoms with Gasteiger partial charge in [0.2, 0.25) is 0 Å². The molecule has 0 amide bonds. The highest BCUT2D eigenvalue weighted by molar-refractivity contribution is 6.30. The molecule has 0 bridgehead atoms. The van der Waals surface area contributed by atoms with E-state index in [2.05, 4.69) is 5.32 Å². The Hall–Kier alpha value is -1.45. The van der Waals surface area contributed by atoms with Crippen molar-refractivity contribution in [1.82, 2.24) is 5.32 Å². The first kappa shape index (κ1) is 14.0. The van der Waals surface area contributed by atoms with Crippen LogP contribution in [-0.2, 0) is 0 Å². The smallest absolute Gasteiger partial charge is 0.126 e. The quantitative estimate of drug-likeness (QED) is 0.880. The third-order valence-corrected chi connectivity index (χ3v) is 3.04. The van der Waals surface area contributed by atoms with Crippen molar-refractivity contribution < 1.29 is 8.78 Å². The van der Waals surface area contributed by atoms with Crippen molar-refractivity contribution in [2.24, 2.45) is 0 Å². The first-order valence-electron chi connectivity index (χ1n) is 6.05. The van der Waals surface area contributed by atoms with Gasteiger partial charge >= 0.3 is 0 Å². The highest BCUT2D eigenvalue weighted by Crippen LogP contribution is 2.25. The van der Waals surface area contributed by atoms with Crippen molar-refractivity contribution in [3.63, 3.8) is 0 Å². The van der Waals surface area contributed by atoms with E-state index in [9.17, 15) is 8.78 Å². The van der Waals surface area contributed by atoms with E-state index in [0.29, 0.717) is 17.1 Å². The van der Waals surface area contributed by atoms with Crippen LogP contribution >= 0.6 is 11.6 Å². The Morgan fingerprint density at radius 2 is 1.74 bits per heavy atom. The van der Waals surface area contributed by atoms with Gasteiger partial charge in [-0.25, -0.2) is 8.78 Å². The Morgan fingerprint density at radius 3 is 2.32 bits per heavy atom. The lowest BCUT2D eigenvalue weighted by atomic mass is 9.98. The molecule has 0 heterocycles. The highest BCUT2D eigenvalue weighted by Gasteiger charge is 2.15. The largest absolute Gasteiger partial charge is 0.307 e. The van der Waals surface area contributed by atoms with Crippen LogP contribution in [0.15, 0.2) is 42.5 Å². The molecule has 0 aliphatic carbocycles. The maximum absolute atomic E-state index is 13.3. The number of hydrogen-bond donors (Lipinski definition) is 1. The molecule has 1 atom stereocenters. The van der Waals surface area contributed by atoms with E-state index in [1.807, 2.05) is 19.1 Å². The van der Waals surface area contributed by atoms with Crippen molar-refractivity contribution in [2.45, 2.75) is 13.0 Å². The number of benzene rings is 2. The second kappa shape index (κ2) is 6.13. The lowest BCUT2D eigenvalue weighted by molar-refractivity contribution is 0.565. The van der Waals surface area contributed by atoms with Crippen molar-refractivity contribution in [3.8, 4) is 0 Å². The fraction of sp³-hybridized carbons (Fsp3) is 0.200. The SMILES string of the molecule is CCNC(c1cc(F)cc(F)c1)c1cccc(Cl)c1. The number of hydrogen-bond acceptors (Lipinski definition) is 1. The van der Waals surface area contributed by atoms with Crippen LogP contribution in [0.25, 0.3) is 0 Å². The first-order valence-corrected chi connectivity index (χ1v) is 6.43. The zero-order valence-electron chi connectivity index (χ0n) is 10.5. The van der Waals surface area contributed by atoms with Crippen LogP contribution in [0.3, 0.4) is 0 Å². The molecule has 0 saturated carbocycles. The maximum atomic E-state index is 13.3. The molecule has 1 nitrogen and oxygen atoms in total. The van der Waals surface area contributed by atoms with E-state index < -0.39 is 11.6 Å². The summed E-state index contributed by atoms with van der Waals surface area (Å²) in [5.41, 5.74) is 1.42. The molecule has 0 aliphatic heterocycles. The molecular weight excluding hydrogens is 268 g/mol. The third-order valence-electron chi connectivity index (χ3n) is 2.81. The predicted octanol–water partition coefficient (Wildman–Crippen LogP) is 4.32. The third kappa shape index (κ3) is 3.52. The molecule has 0 radical (unpaired) electrons. The van der Waals surface area contributed by atoms with Crippen LogP contribution < -0.4 is 5.32 Å². The summed E-state index contributed by atoms with van der Waals surface area (Å²) in [6, 6.07) is 10.5. The predicted molar refractivity (Wildman–Crippen MR) is 73.3 cm³/mol. The molecule has 2 aromatic rings. The Morgan fingerprint density at radius 1 is 1.05 bits per heavy atom. The number of halogens is 3. The topological polar surface area (TPSA) is 12.0 Å². The van der Waals surface area contributed by atoms with Gasteiger partial charge in [-0.1, -0.05) is 30.7 Å². The van der Waals surface area contributed by atoms with Crippen LogP contribution in [0.2, 0.25) is 5.02 Å². The highest BCUT2D eigenvalue weighted by atomic mass is 35.5. The summed E-state index contributed by atoms with van der Waals surface area (Å²) in [6.45, 7) is 2.61. The average molecular weight is 282 g/mol. The molecule has 0 spiro atoms. The van der Waals surface area contributed by atoms with E-state index in [1.165, 1.54) is 12.1 Å². The van der Waals surface area contributed by atoms with Crippen LogP contribution in [0, 0.1) is 11.6 Å². The summed E-state index contributed by atoms with van der Waals surface area (Å²) in [5.74, 6) is -1.17. The van der Waals surface area contributed by atoms with E-state index >= 15 is 0 Å². The lowest BCUT2D eigenvalue weighted by Crippen LogP contribution is -2.22. The lowest BCUT2D eigenvalue weighted by Gasteiger charge is -2.19. The number of nitrogens with one attached hydrogen (secondary N) is 1. The molecule has 1 N–H and O–H groups in total. The second-order valence-electron chi connectivity index (χ2n) is 4.25. The molecule has 100 valence electrons. The normalized spacial score (nSPS) is 12.4. The Labute approximate surface area is 116 Å². The van der Waals surface area contributed by atoms with E-state index in [4.69, 9.17) is 11.6 Å². The summed E-state index contributed by atoms with van der Waals surface area (Å²) >= 11 is 5.96. The fourth-order valence-corrected chi connectivity index (χ4v) is 2.26. The summed E-state index contributed by atoms with van der Waals surface area (Å²) in [6.07, 6.45) is 0. The van der Waals surface area contributed by atoms with Gasteiger partial charge in [0.15, 0.2) is 0 Å². The molecular formula is C15H14ClF2N. The van der Waals surface area contributed by atoms with Crippen LogP contribution in [0.1, 0.15) is 24.1 Å². The molecule has 4 heteroatoms. The Kier molecular flexibility index (Phi) is 4.51. The van der Waals surface area contributed by atoms with Crippen molar-refractivity contribution in [2.75, 3.05) is 6.54 Å². The van der Waals surface area contributed by atoms with E-state index in [-0.39, 0.29) is 6.04 Å².